The maximum atomic E-state index is 12.7. The van der Waals surface area contributed by atoms with Gasteiger partial charge in [0.25, 0.3) is 0 Å². The van der Waals surface area contributed by atoms with Gasteiger partial charge in [-0.1, -0.05) is 163 Å². The van der Waals surface area contributed by atoms with Crippen molar-refractivity contribution in [2.75, 3.05) is 13.2 Å². The van der Waals surface area contributed by atoms with Crippen LogP contribution in [0.5, 0.6) is 0 Å². The lowest BCUT2D eigenvalue weighted by molar-refractivity contribution is -0.167. The van der Waals surface area contributed by atoms with Crippen LogP contribution in [0.1, 0.15) is 188 Å². The first-order valence-corrected chi connectivity index (χ1v) is 22.8. The molecular weight excluding hydrogens is 709 g/mol. The second-order valence-corrected chi connectivity index (χ2v) is 14.6. The Hall–Kier alpha value is -3.67. The van der Waals surface area contributed by atoms with Crippen LogP contribution in [-0.2, 0) is 28.6 Å². The Labute approximate surface area is 349 Å². The average molecular weight is 791 g/mol. The maximum absolute atomic E-state index is 12.7. The van der Waals surface area contributed by atoms with Crippen LogP contribution in [0, 0.1) is 0 Å². The summed E-state index contributed by atoms with van der Waals surface area (Å²) >= 11 is 0. The fraction of sp³-hybridized carbons (Fsp3) is 0.627. The molecule has 0 rings (SSSR count). The highest BCUT2D eigenvalue weighted by Gasteiger charge is 2.19. The zero-order chi connectivity index (χ0) is 41.5. The van der Waals surface area contributed by atoms with Gasteiger partial charge < -0.3 is 14.2 Å². The second-order valence-electron chi connectivity index (χ2n) is 14.6. The molecule has 0 saturated heterocycles. The number of carbonyl (C=O) groups excluding carboxylic acids is 3. The van der Waals surface area contributed by atoms with E-state index in [1.807, 2.05) is 0 Å². The summed E-state index contributed by atoms with van der Waals surface area (Å²) in [5, 5.41) is 0. The Kier molecular flexibility index (Phi) is 42.1. The molecule has 0 radical (unpaired) electrons. The quantitative estimate of drug-likeness (QED) is 0.0203. The predicted molar refractivity (Wildman–Crippen MR) is 242 cm³/mol. The first kappa shape index (κ1) is 53.3. The van der Waals surface area contributed by atoms with Gasteiger partial charge in [-0.2, -0.15) is 0 Å². The highest BCUT2D eigenvalue weighted by atomic mass is 16.6. The smallest absolute Gasteiger partial charge is 0.306 e. The van der Waals surface area contributed by atoms with Gasteiger partial charge in [-0.25, -0.2) is 0 Å². The Balaban J connectivity index is 4.46. The molecule has 6 nitrogen and oxygen atoms in total. The van der Waals surface area contributed by atoms with Crippen molar-refractivity contribution in [3.05, 3.63) is 97.2 Å². The molecule has 0 aromatic heterocycles. The van der Waals surface area contributed by atoms with Crippen molar-refractivity contribution >= 4 is 17.9 Å². The standard InChI is InChI=1S/C51H82O6/c1-4-7-10-13-16-19-21-23-24-25-26-27-28-30-32-35-38-41-44-50(53)56-47-48(46-55-49(52)43-40-37-34-31-18-15-12-9-6-3)57-51(54)45-42-39-36-33-29-22-20-17-14-11-8-5-2/h8-9,11-12,17-18,20-21,23-27,29,31,33,48H,4-7,10,13-16,19,22,28,30,32,34-47H2,1-3H3/b11-8-,12-9-,20-17-,23-21-,25-24-,27-26-,31-18-,33-29-. The number of allylic oxidation sites excluding steroid dienone is 16. The van der Waals surface area contributed by atoms with Crippen LogP contribution in [0.3, 0.4) is 0 Å². The first-order chi connectivity index (χ1) is 28.0. The highest BCUT2D eigenvalue weighted by Crippen LogP contribution is 2.11. The summed E-state index contributed by atoms with van der Waals surface area (Å²) in [5.74, 6) is -1.02. The van der Waals surface area contributed by atoms with E-state index in [4.69, 9.17) is 14.2 Å². The number of rotatable bonds is 39. The fourth-order valence-corrected chi connectivity index (χ4v) is 5.73. The maximum Gasteiger partial charge on any atom is 0.306 e. The van der Waals surface area contributed by atoms with E-state index in [2.05, 4.69) is 118 Å². The Bertz CT molecular complexity index is 1180. The molecule has 322 valence electrons. The molecule has 0 amide bonds. The first-order valence-electron chi connectivity index (χ1n) is 22.8. The summed E-state index contributed by atoms with van der Waals surface area (Å²) in [5.41, 5.74) is 0. The van der Waals surface area contributed by atoms with E-state index in [0.717, 1.165) is 109 Å². The van der Waals surface area contributed by atoms with Crippen LogP contribution < -0.4 is 0 Å². The summed E-state index contributed by atoms with van der Waals surface area (Å²) in [6.45, 7) is 6.26. The van der Waals surface area contributed by atoms with E-state index in [-0.39, 0.29) is 37.5 Å². The minimum absolute atomic E-state index is 0.116. The Morgan fingerprint density at radius 2 is 0.754 bits per heavy atom. The third-order valence-electron chi connectivity index (χ3n) is 9.11. The molecule has 6 heteroatoms. The van der Waals surface area contributed by atoms with Gasteiger partial charge >= 0.3 is 17.9 Å². The van der Waals surface area contributed by atoms with Crippen LogP contribution in [0.2, 0.25) is 0 Å². The minimum atomic E-state index is -0.817. The summed E-state index contributed by atoms with van der Waals surface area (Å²) in [6.07, 6.45) is 58.4. The minimum Gasteiger partial charge on any atom is -0.462 e. The van der Waals surface area contributed by atoms with E-state index in [1.54, 1.807) is 0 Å². The summed E-state index contributed by atoms with van der Waals surface area (Å²) in [4.78, 5) is 37.7. The van der Waals surface area contributed by atoms with Gasteiger partial charge in [0.2, 0.25) is 0 Å². The van der Waals surface area contributed by atoms with E-state index >= 15 is 0 Å². The van der Waals surface area contributed by atoms with Gasteiger partial charge in [-0.3, -0.25) is 14.4 Å². The summed E-state index contributed by atoms with van der Waals surface area (Å²) in [6, 6.07) is 0. The normalized spacial score (nSPS) is 13.0. The Morgan fingerprint density at radius 3 is 1.25 bits per heavy atom. The van der Waals surface area contributed by atoms with Crippen molar-refractivity contribution in [2.24, 2.45) is 0 Å². The van der Waals surface area contributed by atoms with Gasteiger partial charge in [0, 0.05) is 19.3 Å². The molecule has 0 aliphatic heterocycles. The van der Waals surface area contributed by atoms with E-state index < -0.39 is 6.10 Å². The van der Waals surface area contributed by atoms with Crippen LogP contribution >= 0.6 is 0 Å². The molecule has 57 heavy (non-hydrogen) atoms. The van der Waals surface area contributed by atoms with E-state index in [9.17, 15) is 14.4 Å². The zero-order valence-electron chi connectivity index (χ0n) is 36.6. The molecule has 0 aromatic rings. The third-order valence-corrected chi connectivity index (χ3v) is 9.11. The average Bonchev–Trinajstić information content (AvgIpc) is 3.21. The van der Waals surface area contributed by atoms with Crippen LogP contribution in [0.15, 0.2) is 97.2 Å². The van der Waals surface area contributed by atoms with E-state index in [0.29, 0.717) is 19.3 Å². The number of hydrogen-bond acceptors (Lipinski definition) is 6. The van der Waals surface area contributed by atoms with Crippen LogP contribution in [0.4, 0.5) is 0 Å². The molecule has 0 spiro atoms. The van der Waals surface area contributed by atoms with Gasteiger partial charge in [0.05, 0.1) is 0 Å². The van der Waals surface area contributed by atoms with Gasteiger partial charge in [0.15, 0.2) is 6.10 Å². The molecule has 0 heterocycles. The molecule has 1 atom stereocenters. The summed E-state index contributed by atoms with van der Waals surface area (Å²) < 4.78 is 16.6. The Morgan fingerprint density at radius 1 is 0.386 bits per heavy atom. The number of ether oxygens (including phenoxy) is 3. The summed E-state index contributed by atoms with van der Waals surface area (Å²) in [7, 11) is 0. The van der Waals surface area contributed by atoms with E-state index in [1.165, 1.54) is 32.1 Å². The monoisotopic (exact) mass is 791 g/mol. The van der Waals surface area contributed by atoms with Crippen molar-refractivity contribution in [2.45, 2.75) is 194 Å². The van der Waals surface area contributed by atoms with Crippen LogP contribution in [-0.4, -0.2) is 37.2 Å². The number of unbranched alkanes of at least 4 members (excludes halogenated alkanes) is 14. The van der Waals surface area contributed by atoms with Crippen molar-refractivity contribution in [3.63, 3.8) is 0 Å². The molecule has 0 fully saturated rings. The molecule has 0 aliphatic carbocycles. The van der Waals surface area contributed by atoms with Gasteiger partial charge in [-0.15, -0.1) is 0 Å². The molecule has 0 N–H and O–H groups in total. The van der Waals surface area contributed by atoms with Gasteiger partial charge in [-0.05, 0) is 103 Å². The van der Waals surface area contributed by atoms with Crippen molar-refractivity contribution < 1.29 is 28.6 Å². The number of hydrogen-bond donors (Lipinski definition) is 0. The second kappa shape index (κ2) is 45.0. The largest absolute Gasteiger partial charge is 0.462 e. The molecule has 1 unspecified atom stereocenters. The van der Waals surface area contributed by atoms with Crippen molar-refractivity contribution in [1.82, 2.24) is 0 Å². The molecular formula is C51H82O6. The lowest BCUT2D eigenvalue weighted by atomic mass is 10.1. The lowest BCUT2D eigenvalue weighted by Crippen LogP contribution is -2.30. The third kappa shape index (κ3) is 43.3. The number of esters is 3. The molecule has 0 aromatic carbocycles. The van der Waals surface area contributed by atoms with Crippen molar-refractivity contribution in [3.8, 4) is 0 Å². The topological polar surface area (TPSA) is 78.9 Å². The number of carbonyl (C=O) groups is 3. The fourth-order valence-electron chi connectivity index (χ4n) is 5.73. The van der Waals surface area contributed by atoms with Crippen LogP contribution in [0.25, 0.3) is 0 Å². The molecule has 0 bridgehead atoms. The molecule has 0 aliphatic rings. The van der Waals surface area contributed by atoms with Crippen molar-refractivity contribution in [1.29, 1.82) is 0 Å². The SMILES string of the molecule is CC/C=C\C/C=C\C/C=C\CCCCC(=O)OC(COC(=O)CCCC/C=C\C/C=C\CC)COC(=O)CCCCCCC\C=C/C=C\C=C/CCCCCCC. The zero-order valence-corrected chi connectivity index (χ0v) is 36.6. The van der Waals surface area contributed by atoms with Gasteiger partial charge in [0.1, 0.15) is 13.2 Å². The highest BCUT2D eigenvalue weighted by molar-refractivity contribution is 5.71. The molecule has 0 saturated carbocycles. The predicted octanol–water partition coefficient (Wildman–Crippen LogP) is 14.6. The lowest BCUT2D eigenvalue weighted by Gasteiger charge is -2.18.